The van der Waals surface area contributed by atoms with Gasteiger partial charge in [-0.1, -0.05) is 31.2 Å². The van der Waals surface area contributed by atoms with E-state index in [0.717, 1.165) is 16.1 Å². The summed E-state index contributed by atoms with van der Waals surface area (Å²) in [4.78, 5) is 27.5. The Labute approximate surface area is 207 Å². The van der Waals surface area contributed by atoms with E-state index >= 15 is 0 Å². The van der Waals surface area contributed by atoms with Crippen LogP contribution in [0.5, 0.6) is 5.75 Å². The Morgan fingerprint density at radius 3 is 2.43 bits per heavy atom. The van der Waals surface area contributed by atoms with Crippen molar-refractivity contribution in [1.82, 2.24) is 10.2 Å². The van der Waals surface area contributed by atoms with Crippen LogP contribution in [0.1, 0.15) is 38.7 Å². The van der Waals surface area contributed by atoms with Crippen LogP contribution in [0.4, 0.5) is 10.1 Å². The molecule has 0 saturated heterocycles. The Balaban J connectivity index is 2.23. The van der Waals surface area contributed by atoms with Gasteiger partial charge in [-0.05, 0) is 49.6 Å². The van der Waals surface area contributed by atoms with Crippen molar-refractivity contribution in [2.45, 2.75) is 45.7 Å². The molecule has 0 radical (unpaired) electrons. The summed E-state index contributed by atoms with van der Waals surface area (Å²) in [7, 11) is -2.22. The third kappa shape index (κ3) is 7.95. The quantitative estimate of drug-likeness (QED) is 0.449. The number of para-hydroxylation sites is 1. The van der Waals surface area contributed by atoms with Crippen LogP contribution < -0.4 is 14.4 Å². The molecule has 0 heterocycles. The highest BCUT2D eigenvalue weighted by Crippen LogP contribution is 2.23. The Morgan fingerprint density at radius 1 is 1.11 bits per heavy atom. The van der Waals surface area contributed by atoms with Gasteiger partial charge in [-0.3, -0.25) is 13.9 Å². The number of likely N-dealkylation sites (N-methyl/N-ethyl adjacent to an activating group) is 1. The van der Waals surface area contributed by atoms with Gasteiger partial charge in [-0.15, -0.1) is 0 Å². The predicted molar refractivity (Wildman–Crippen MR) is 134 cm³/mol. The first-order valence-electron chi connectivity index (χ1n) is 11.5. The highest BCUT2D eigenvalue weighted by atomic mass is 32.2. The lowest BCUT2D eigenvalue weighted by Crippen LogP contribution is -2.49. The molecular weight excluding hydrogens is 473 g/mol. The second-order valence-electron chi connectivity index (χ2n) is 8.08. The van der Waals surface area contributed by atoms with Crippen molar-refractivity contribution in [2.75, 3.05) is 30.8 Å². The van der Waals surface area contributed by atoms with E-state index in [-0.39, 0.29) is 43.4 Å². The topological polar surface area (TPSA) is 96.0 Å². The van der Waals surface area contributed by atoms with E-state index in [1.54, 1.807) is 32.2 Å². The van der Waals surface area contributed by atoms with Gasteiger partial charge in [-0.25, -0.2) is 12.8 Å². The summed E-state index contributed by atoms with van der Waals surface area (Å²) < 4.78 is 45.1. The third-order valence-electron chi connectivity index (χ3n) is 5.50. The summed E-state index contributed by atoms with van der Waals surface area (Å²) in [5.41, 5.74) is 0.731. The number of nitrogens with one attached hydrogen (secondary N) is 1. The van der Waals surface area contributed by atoms with E-state index in [1.807, 2.05) is 19.1 Å². The number of benzene rings is 2. The Bertz CT molecular complexity index is 1110. The van der Waals surface area contributed by atoms with Crippen LogP contribution in [0.3, 0.4) is 0 Å². The molecule has 0 spiro atoms. The maximum absolute atomic E-state index is 14.3. The normalized spacial score (nSPS) is 12.0. The Kier molecular flexibility index (Phi) is 10.5. The molecule has 2 rings (SSSR count). The molecule has 0 aliphatic heterocycles. The molecule has 2 aromatic rings. The predicted octanol–water partition coefficient (Wildman–Crippen LogP) is 3.32. The van der Waals surface area contributed by atoms with Crippen LogP contribution in [0.2, 0.25) is 0 Å². The van der Waals surface area contributed by atoms with Crippen molar-refractivity contribution in [1.29, 1.82) is 0 Å². The average molecular weight is 508 g/mol. The number of carbonyl (C=O) groups is 2. The maximum atomic E-state index is 14.3. The van der Waals surface area contributed by atoms with Gasteiger partial charge in [0.05, 0.1) is 19.1 Å². The van der Waals surface area contributed by atoms with Crippen LogP contribution in [0.25, 0.3) is 0 Å². The molecule has 0 unspecified atom stereocenters. The molecule has 35 heavy (non-hydrogen) atoms. The fourth-order valence-electron chi connectivity index (χ4n) is 3.82. The zero-order chi connectivity index (χ0) is 26.0. The summed E-state index contributed by atoms with van der Waals surface area (Å²) in [6.45, 7) is 4.18. The van der Waals surface area contributed by atoms with Gasteiger partial charge < -0.3 is 15.0 Å². The fraction of sp³-hybridized carbons (Fsp3) is 0.440. The molecule has 192 valence electrons. The van der Waals surface area contributed by atoms with E-state index < -0.39 is 21.9 Å². The lowest BCUT2D eigenvalue weighted by molar-refractivity contribution is -0.141. The van der Waals surface area contributed by atoms with Gasteiger partial charge in [-0.2, -0.15) is 0 Å². The first-order chi connectivity index (χ1) is 16.6. The van der Waals surface area contributed by atoms with Gasteiger partial charge >= 0.3 is 0 Å². The molecular formula is C25H34FN3O5S. The van der Waals surface area contributed by atoms with E-state index in [2.05, 4.69) is 5.32 Å². The van der Waals surface area contributed by atoms with Gasteiger partial charge in [0.2, 0.25) is 21.8 Å². The molecule has 0 bridgehead atoms. The summed E-state index contributed by atoms with van der Waals surface area (Å²) in [5.74, 6) is -0.580. The first kappa shape index (κ1) is 28.1. The van der Waals surface area contributed by atoms with Gasteiger partial charge in [0.15, 0.2) is 0 Å². The van der Waals surface area contributed by atoms with Crippen molar-refractivity contribution in [3.63, 3.8) is 0 Å². The van der Waals surface area contributed by atoms with Crippen LogP contribution in [-0.2, 0) is 26.2 Å². The molecule has 0 aliphatic carbocycles. The number of hydrogen-bond acceptors (Lipinski definition) is 5. The van der Waals surface area contributed by atoms with Gasteiger partial charge in [0, 0.05) is 26.1 Å². The van der Waals surface area contributed by atoms with E-state index in [1.165, 1.54) is 23.1 Å². The minimum atomic E-state index is -3.77. The number of sulfonamides is 1. The molecule has 2 aromatic carbocycles. The van der Waals surface area contributed by atoms with E-state index in [9.17, 15) is 22.4 Å². The number of halogens is 1. The second-order valence-corrected chi connectivity index (χ2v) is 9.99. The van der Waals surface area contributed by atoms with Crippen LogP contribution in [-0.4, -0.2) is 57.6 Å². The molecule has 0 aliphatic rings. The van der Waals surface area contributed by atoms with Crippen LogP contribution in [0, 0.1) is 5.82 Å². The second kappa shape index (κ2) is 13.1. The monoisotopic (exact) mass is 507 g/mol. The lowest BCUT2D eigenvalue weighted by Gasteiger charge is -2.31. The number of anilines is 1. The molecule has 0 aromatic heterocycles. The molecule has 8 nitrogen and oxygen atoms in total. The molecule has 0 saturated carbocycles. The van der Waals surface area contributed by atoms with E-state index in [4.69, 9.17) is 4.74 Å². The minimum absolute atomic E-state index is 0.0135. The Morgan fingerprint density at radius 2 is 1.83 bits per heavy atom. The number of hydrogen-bond donors (Lipinski definition) is 1. The van der Waals surface area contributed by atoms with E-state index in [0.29, 0.717) is 18.7 Å². The highest BCUT2D eigenvalue weighted by Gasteiger charge is 2.29. The first-order valence-corrected chi connectivity index (χ1v) is 13.4. The number of amides is 2. The average Bonchev–Trinajstić information content (AvgIpc) is 2.82. The largest absolute Gasteiger partial charge is 0.497 e. The zero-order valence-electron chi connectivity index (χ0n) is 20.7. The SMILES string of the molecule is CCNC(=O)[C@H](CC)N(Cc1cccc(OC)c1)C(=O)CCCN(c1ccccc1F)S(C)(=O)=O. The van der Waals surface area contributed by atoms with Crippen molar-refractivity contribution in [2.24, 2.45) is 0 Å². The smallest absolute Gasteiger partial charge is 0.242 e. The van der Waals surface area contributed by atoms with Gasteiger partial charge in [0.1, 0.15) is 17.6 Å². The number of rotatable bonds is 13. The number of ether oxygens (including phenoxy) is 1. The number of methoxy groups -OCH3 is 1. The summed E-state index contributed by atoms with van der Waals surface area (Å²) >= 11 is 0. The molecule has 10 heteroatoms. The molecule has 2 amide bonds. The van der Waals surface area contributed by atoms with Crippen LogP contribution in [0.15, 0.2) is 48.5 Å². The Hall–Kier alpha value is -3.14. The summed E-state index contributed by atoms with van der Waals surface area (Å²) in [6, 6.07) is 12.2. The van der Waals surface area contributed by atoms with Gasteiger partial charge in [0.25, 0.3) is 0 Å². The molecule has 0 fully saturated rings. The standard InChI is InChI=1S/C25H34FN3O5S/c1-5-22(25(31)27-6-2)28(18-19-11-9-12-20(17-19)34-3)24(30)15-10-16-29(35(4,32)33)23-14-8-7-13-21(23)26/h7-9,11-14,17,22H,5-6,10,15-16,18H2,1-4H3,(H,27,31)/t22-/m0/s1. The molecule has 1 N–H and O–H groups in total. The fourth-order valence-corrected chi connectivity index (χ4v) is 4.78. The highest BCUT2D eigenvalue weighted by molar-refractivity contribution is 7.92. The third-order valence-corrected chi connectivity index (χ3v) is 6.68. The maximum Gasteiger partial charge on any atom is 0.242 e. The number of carbonyl (C=O) groups excluding carboxylic acids is 2. The van der Waals surface area contributed by atoms with Crippen molar-refractivity contribution < 1.29 is 27.1 Å². The van der Waals surface area contributed by atoms with Crippen molar-refractivity contribution in [3.05, 3.63) is 59.9 Å². The van der Waals surface area contributed by atoms with Crippen molar-refractivity contribution >= 4 is 27.5 Å². The van der Waals surface area contributed by atoms with Crippen LogP contribution >= 0.6 is 0 Å². The number of nitrogens with zero attached hydrogens (tertiary/aromatic N) is 2. The lowest BCUT2D eigenvalue weighted by atomic mass is 10.1. The minimum Gasteiger partial charge on any atom is -0.497 e. The zero-order valence-corrected chi connectivity index (χ0v) is 21.5. The summed E-state index contributed by atoms with van der Waals surface area (Å²) in [5, 5.41) is 2.78. The molecule has 1 atom stereocenters. The van der Waals surface area contributed by atoms with Crippen molar-refractivity contribution in [3.8, 4) is 5.75 Å². The summed E-state index contributed by atoms with van der Waals surface area (Å²) in [6.07, 6.45) is 1.55.